The number of amides is 2. The van der Waals surface area contributed by atoms with Crippen LogP contribution in [0.5, 0.6) is 11.5 Å². The molecule has 3 aromatic rings. The van der Waals surface area contributed by atoms with E-state index < -0.39 is 5.41 Å². The lowest BCUT2D eigenvalue weighted by Gasteiger charge is -2.41. The third-order valence-corrected chi connectivity index (χ3v) is 6.85. The Morgan fingerprint density at radius 1 is 0.886 bits per heavy atom. The lowest BCUT2D eigenvalue weighted by Crippen LogP contribution is -2.53. The largest absolute Gasteiger partial charge is 0.497 e. The second-order valence-electron chi connectivity index (χ2n) is 8.85. The van der Waals surface area contributed by atoms with Crippen LogP contribution in [0.3, 0.4) is 0 Å². The second-order valence-corrected chi connectivity index (χ2v) is 8.85. The number of rotatable bonds is 8. The molecule has 2 amide bonds. The van der Waals surface area contributed by atoms with Crippen LogP contribution in [-0.2, 0) is 28.0 Å². The van der Waals surface area contributed by atoms with Gasteiger partial charge in [0.2, 0.25) is 11.8 Å². The van der Waals surface area contributed by atoms with E-state index in [1.54, 1.807) is 14.2 Å². The molecule has 1 heterocycles. The van der Waals surface area contributed by atoms with Crippen molar-refractivity contribution < 1.29 is 19.1 Å². The molecule has 0 unspecified atom stereocenters. The zero-order chi connectivity index (χ0) is 24.7. The third-order valence-electron chi connectivity index (χ3n) is 6.85. The molecule has 1 aliphatic rings. The lowest BCUT2D eigenvalue weighted by atomic mass is 9.72. The van der Waals surface area contributed by atoms with E-state index in [0.717, 1.165) is 28.2 Å². The molecule has 0 aromatic heterocycles. The Morgan fingerprint density at radius 2 is 1.60 bits per heavy atom. The number of hydrogen-bond donors (Lipinski definition) is 1. The molecule has 0 bridgehead atoms. The number of nitrogens with zero attached hydrogens (tertiary/aromatic N) is 1. The van der Waals surface area contributed by atoms with Crippen LogP contribution in [-0.4, -0.2) is 44.0 Å². The first-order valence-corrected chi connectivity index (χ1v) is 11.9. The van der Waals surface area contributed by atoms with Gasteiger partial charge in [-0.15, -0.1) is 0 Å². The summed E-state index contributed by atoms with van der Waals surface area (Å²) < 4.78 is 10.7. The molecule has 0 aliphatic carbocycles. The van der Waals surface area contributed by atoms with Gasteiger partial charge in [-0.1, -0.05) is 60.7 Å². The standard InChI is InChI=1S/C29H32N2O4/c1-34-25-13-8-9-22(19-25)20-27(32)31-17-15-29(16-18-31,24-11-4-3-5-12-24)28(33)30-21-23-10-6-7-14-26(23)35-2/h3-14,19H,15-18,20-21H2,1-2H3,(H,30,33). The van der Waals surface area contributed by atoms with Crippen LogP contribution in [0.1, 0.15) is 29.5 Å². The first kappa shape index (κ1) is 24.3. The number of methoxy groups -OCH3 is 2. The van der Waals surface area contributed by atoms with Crippen molar-refractivity contribution in [3.63, 3.8) is 0 Å². The summed E-state index contributed by atoms with van der Waals surface area (Å²) in [5.74, 6) is 1.53. The predicted molar refractivity (Wildman–Crippen MR) is 135 cm³/mol. The van der Waals surface area contributed by atoms with Gasteiger partial charge in [-0.2, -0.15) is 0 Å². The fraction of sp³-hybridized carbons (Fsp3) is 0.310. The summed E-state index contributed by atoms with van der Waals surface area (Å²) in [6.45, 7) is 1.44. The molecule has 0 radical (unpaired) electrons. The maximum Gasteiger partial charge on any atom is 0.231 e. The van der Waals surface area contributed by atoms with Gasteiger partial charge in [0, 0.05) is 25.2 Å². The summed E-state index contributed by atoms with van der Waals surface area (Å²) in [5, 5.41) is 3.14. The maximum atomic E-state index is 13.7. The van der Waals surface area contributed by atoms with Gasteiger partial charge < -0.3 is 19.7 Å². The van der Waals surface area contributed by atoms with Crippen molar-refractivity contribution in [2.45, 2.75) is 31.2 Å². The van der Waals surface area contributed by atoms with E-state index in [9.17, 15) is 9.59 Å². The highest BCUT2D eigenvalue weighted by Gasteiger charge is 2.43. The van der Waals surface area contributed by atoms with Gasteiger partial charge in [-0.25, -0.2) is 0 Å². The van der Waals surface area contributed by atoms with Crippen molar-refractivity contribution in [1.29, 1.82) is 0 Å². The minimum absolute atomic E-state index is 0.0190. The number of hydrogen-bond acceptors (Lipinski definition) is 4. The summed E-state index contributed by atoms with van der Waals surface area (Å²) in [7, 11) is 3.25. The zero-order valence-corrected chi connectivity index (χ0v) is 20.3. The van der Waals surface area contributed by atoms with Gasteiger partial charge in [0.25, 0.3) is 0 Å². The van der Waals surface area contributed by atoms with Crippen molar-refractivity contribution in [2.75, 3.05) is 27.3 Å². The molecular weight excluding hydrogens is 440 g/mol. The summed E-state index contributed by atoms with van der Waals surface area (Å²) in [4.78, 5) is 28.6. The van der Waals surface area contributed by atoms with Crippen LogP contribution < -0.4 is 14.8 Å². The number of ether oxygens (including phenoxy) is 2. The third kappa shape index (κ3) is 5.48. The van der Waals surface area contributed by atoms with Crippen molar-refractivity contribution in [1.82, 2.24) is 10.2 Å². The summed E-state index contributed by atoms with van der Waals surface area (Å²) in [5.41, 5.74) is 2.15. The summed E-state index contributed by atoms with van der Waals surface area (Å²) in [6, 6.07) is 25.2. The highest BCUT2D eigenvalue weighted by atomic mass is 16.5. The summed E-state index contributed by atoms with van der Waals surface area (Å²) >= 11 is 0. The van der Waals surface area contributed by atoms with E-state index in [2.05, 4.69) is 5.32 Å². The Balaban J connectivity index is 1.47. The molecule has 4 rings (SSSR count). The first-order valence-electron chi connectivity index (χ1n) is 11.9. The van der Waals surface area contributed by atoms with E-state index in [0.29, 0.717) is 38.9 Å². The molecule has 3 aromatic carbocycles. The van der Waals surface area contributed by atoms with Crippen LogP contribution in [0.4, 0.5) is 0 Å². The summed E-state index contributed by atoms with van der Waals surface area (Å²) in [6.07, 6.45) is 1.45. The number of piperidine rings is 1. The molecule has 1 fully saturated rings. The fourth-order valence-corrected chi connectivity index (χ4v) is 4.80. The molecule has 1 aliphatic heterocycles. The number of carbonyl (C=O) groups is 2. The molecule has 0 atom stereocenters. The number of para-hydroxylation sites is 1. The van der Waals surface area contributed by atoms with E-state index in [4.69, 9.17) is 9.47 Å². The molecule has 0 spiro atoms. The van der Waals surface area contributed by atoms with Gasteiger partial charge >= 0.3 is 0 Å². The Labute approximate surface area is 206 Å². The van der Waals surface area contributed by atoms with Crippen LogP contribution >= 0.6 is 0 Å². The van der Waals surface area contributed by atoms with Crippen LogP contribution in [0.25, 0.3) is 0 Å². The van der Waals surface area contributed by atoms with Crippen molar-refractivity contribution in [3.8, 4) is 11.5 Å². The minimum atomic E-state index is -0.685. The van der Waals surface area contributed by atoms with Gasteiger partial charge in [0.1, 0.15) is 11.5 Å². The molecule has 1 saturated heterocycles. The second kappa shape index (κ2) is 11.1. The SMILES string of the molecule is COc1cccc(CC(=O)N2CCC(C(=O)NCc3ccccc3OC)(c3ccccc3)CC2)c1. The van der Waals surface area contributed by atoms with E-state index in [-0.39, 0.29) is 11.8 Å². The minimum Gasteiger partial charge on any atom is -0.497 e. The molecule has 6 nitrogen and oxygen atoms in total. The molecular formula is C29H32N2O4. The van der Waals surface area contributed by atoms with Crippen LogP contribution in [0.2, 0.25) is 0 Å². The highest BCUT2D eigenvalue weighted by molar-refractivity contribution is 5.89. The average molecular weight is 473 g/mol. The Bertz CT molecular complexity index is 1150. The van der Waals surface area contributed by atoms with Crippen molar-refractivity contribution >= 4 is 11.8 Å². The first-order chi connectivity index (χ1) is 17.1. The fourth-order valence-electron chi connectivity index (χ4n) is 4.80. The van der Waals surface area contributed by atoms with E-state index in [1.807, 2.05) is 83.8 Å². The van der Waals surface area contributed by atoms with Gasteiger partial charge in [0.05, 0.1) is 26.1 Å². The quantitative estimate of drug-likeness (QED) is 0.536. The molecule has 35 heavy (non-hydrogen) atoms. The number of likely N-dealkylation sites (tertiary alicyclic amines) is 1. The lowest BCUT2D eigenvalue weighted by molar-refractivity contribution is -0.136. The van der Waals surface area contributed by atoms with E-state index >= 15 is 0 Å². The Hall–Kier alpha value is -3.80. The Kier molecular flexibility index (Phi) is 7.70. The topological polar surface area (TPSA) is 67.9 Å². The number of benzene rings is 3. The van der Waals surface area contributed by atoms with Gasteiger partial charge in [-0.3, -0.25) is 9.59 Å². The normalized spacial score (nSPS) is 14.7. The molecule has 0 saturated carbocycles. The van der Waals surface area contributed by atoms with Crippen molar-refractivity contribution in [3.05, 3.63) is 95.6 Å². The highest BCUT2D eigenvalue weighted by Crippen LogP contribution is 2.36. The van der Waals surface area contributed by atoms with E-state index in [1.165, 1.54) is 0 Å². The van der Waals surface area contributed by atoms with Crippen molar-refractivity contribution in [2.24, 2.45) is 0 Å². The Morgan fingerprint density at radius 3 is 2.31 bits per heavy atom. The smallest absolute Gasteiger partial charge is 0.231 e. The number of carbonyl (C=O) groups excluding carboxylic acids is 2. The monoisotopic (exact) mass is 472 g/mol. The maximum absolute atomic E-state index is 13.7. The van der Waals surface area contributed by atoms with Crippen LogP contribution in [0.15, 0.2) is 78.9 Å². The molecule has 1 N–H and O–H groups in total. The zero-order valence-electron chi connectivity index (χ0n) is 20.3. The molecule has 182 valence electrons. The van der Waals surface area contributed by atoms with Crippen LogP contribution in [0, 0.1) is 0 Å². The number of nitrogens with one attached hydrogen (secondary N) is 1. The van der Waals surface area contributed by atoms with Gasteiger partial charge in [-0.05, 0) is 42.2 Å². The molecule has 6 heteroatoms. The predicted octanol–water partition coefficient (Wildman–Crippen LogP) is 4.12. The van der Waals surface area contributed by atoms with Gasteiger partial charge in [0.15, 0.2) is 0 Å². The average Bonchev–Trinajstić information content (AvgIpc) is 2.92.